The second-order valence-electron chi connectivity index (χ2n) is 10.1. The Morgan fingerprint density at radius 2 is 1.86 bits per heavy atom. The second kappa shape index (κ2) is 14.3. The number of phenols is 1. The minimum Gasteiger partial charge on any atom is -0.508 e. The fourth-order valence-corrected chi connectivity index (χ4v) is 3.67. The number of phenolic OH excluding ortho intramolecular Hbond substituents is 1. The molecule has 0 spiro atoms. The Balaban J connectivity index is 3.44. The molecule has 0 saturated heterocycles. The summed E-state index contributed by atoms with van der Waals surface area (Å²) in [6.07, 6.45) is 2.53. The maximum absolute atomic E-state index is 13.9. The van der Waals surface area contributed by atoms with Crippen molar-refractivity contribution in [1.82, 2.24) is 15.5 Å². The van der Waals surface area contributed by atoms with Gasteiger partial charge in [0.15, 0.2) is 0 Å². The van der Waals surface area contributed by atoms with Crippen molar-refractivity contribution < 1.29 is 24.2 Å². The molecular formula is C27H42N4O5. The van der Waals surface area contributed by atoms with E-state index in [1.807, 2.05) is 19.9 Å². The molecule has 0 fully saturated rings. The first-order chi connectivity index (χ1) is 16.9. The van der Waals surface area contributed by atoms with Crippen LogP contribution in [0.3, 0.4) is 0 Å². The molecule has 0 aliphatic carbocycles. The van der Waals surface area contributed by atoms with Gasteiger partial charge in [-0.2, -0.15) is 5.26 Å². The Bertz CT molecular complexity index is 935. The second-order valence-corrected chi connectivity index (χ2v) is 10.1. The van der Waals surface area contributed by atoms with Gasteiger partial charge in [-0.3, -0.25) is 9.59 Å². The number of unbranched alkanes of at least 4 members (excludes halogenated alkanes) is 2. The van der Waals surface area contributed by atoms with Crippen molar-refractivity contribution in [3.05, 3.63) is 29.3 Å². The highest BCUT2D eigenvalue weighted by atomic mass is 16.6. The highest BCUT2D eigenvalue weighted by Crippen LogP contribution is 2.28. The number of ether oxygens (including phenoxy) is 1. The lowest BCUT2D eigenvalue weighted by Gasteiger charge is -2.34. The summed E-state index contributed by atoms with van der Waals surface area (Å²) in [4.78, 5) is 41.0. The van der Waals surface area contributed by atoms with Gasteiger partial charge >= 0.3 is 6.09 Å². The van der Waals surface area contributed by atoms with Gasteiger partial charge in [-0.15, -0.1) is 0 Å². The molecule has 1 aromatic rings. The molecule has 0 aliphatic heterocycles. The van der Waals surface area contributed by atoms with E-state index in [4.69, 9.17) is 4.74 Å². The lowest BCUT2D eigenvalue weighted by molar-refractivity contribution is -0.142. The van der Waals surface area contributed by atoms with Crippen LogP contribution in [0.5, 0.6) is 5.75 Å². The molecule has 0 heterocycles. The number of rotatable bonds is 12. The summed E-state index contributed by atoms with van der Waals surface area (Å²) in [6.45, 7) is 12.7. The van der Waals surface area contributed by atoms with Gasteiger partial charge in [0.2, 0.25) is 11.8 Å². The van der Waals surface area contributed by atoms with Crippen LogP contribution in [-0.4, -0.2) is 52.6 Å². The van der Waals surface area contributed by atoms with Crippen molar-refractivity contribution in [3.63, 3.8) is 0 Å². The lowest BCUT2D eigenvalue weighted by Crippen LogP contribution is -2.55. The summed E-state index contributed by atoms with van der Waals surface area (Å²) in [6, 6.07) is 4.52. The minimum absolute atomic E-state index is 0.0584. The Morgan fingerprint density at radius 3 is 2.39 bits per heavy atom. The smallest absolute Gasteiger partial charge is 0.408 e. The van der Waals surface area contributed by atoms with Gasteiger partial charge in [-0.1, -0.05) is 46.1 Å². The van der Waals surface area contributed by atoms with Crippen LogP contribution in [0.4, 0.5) is 4.79 Å². The zero-order chi connectivity index (χ0) is 27.5. The summed E-state index contributed by atoms with van der Waals surface area (Å²) in [5.74, 6) is -1.22. The van der Waals surface area contributed by atoms with E-state index in [1.165, 1.54) is 11.0 Å². The number of hydrogen-bond donors (Lipinski definition) is 3. The van der Waals surface area contributed by atoms with E-state index < -0.39 is 35.6 Å². The molecule has 36 heavy (non-hydrogen) atoms. The number of carbonyl (C=O) groups excluding carboxylic acids is 3. The van der Waals surface area contributed by atoms with Crippen LogP contribution >= 0.6 is 0 Å². The number of benzene rings is 1. The Hall–Kier alpha value is -3.28. The number of nitrogens with zero attached hydrogens (tertiary/aromatic N) is 2. The SMILES string of the molecule is CCCCCNC(=O)C(c1ccc(O)c(C)c1)N(CC#N)C(=O)C(NC(=O)OC(C)(C)C)C(C)CC. The maximum Gasteiger partial charge on any atom is 0.408 e. The monoisotopic (exact) mass is 502 g/mol. The molecule has 1 rings (SSSR count). The molecule has 0 bridgehead atoms. The van der Waals surface area contributed by atoms with Gasteiger partial charge in [-0.05, 0) is 63.3 Å². The summed E-state index contributed by atoms with van der Waals surface area (Å²) < 4.78 is 5.36. The molecule has 0 aromatic heterocycles. The first kappa shape index (κ1) is 30.8. The van der Waals surface area contributed by atoms with Gasteiger partial charge in [0, 0.05) is 6.54 Å². The van der Waals surface area contributed by atoms with Crippen molar-refractivity contribution in [3.8, 4) is 11.8 Å². The molecule has 0 aliphatic rings. The van der Waals surface area contributed by atoms with E-state index in [9.17, 15) is 24.8 Å². The Kier molecular flexibility index (Phi) is 12.2. The van der Waals surface area contributed by atoms with E-state index in [1.54, 1.807) is 39.8 Å². The zero-order valence-corrected chi connectivity index (χ0v) is 22.7. The van der Waals surface area contributed by atoms with Crippen molar-refractivity contribution in [2.75, 3.05) is 13.1 Å². The number of carbonyl (C=O) groups is 3. The molecule has 3 unspecified atom stereocenters. The van der Waals surface area contributed by atoms with Crippen LogP contribution in [0.2, 0.25) is 0 Å². The molecule has 200 valence electrons. The minimum atomic E-state index is -1.12. The van der Waals surface area contributed by atoms with Gasteiger partial charge in [-0.25, -0.2) is 4.79 Å². The molecule has 0 radical (unpaired) electrons. The van der Waals surface area contributed by atoms with Crippen molar-refractivity contribution in [2.45, 2.75) is 91.8 Å². The maximum atomic E-state index is 13.9. The molecule has 9 nitrogen and oxygen atoms in total. The predicted molar refractivity (Wildman–Crippen MR) is 138 cm³/mol. The lowest BCUT2D eigenvalue weighted by atomic mass is 9.95. The number of nitriles is 1. The zero-order valence-electron chi connectivity index (χ0n) is 22.7. The number of hydrogen-bond acceptors (Lipinski definition) is 6. The third-order valence-electron chi connectivity index (χ3n) is 5.85. The van der Waals surface area contributed by atoms with E-state index in [-0.39, 0.29) is 18.2 Å². The first-order valence-electron chi connectivity index (χ1n) is 12.6. The predicted octanol–water partition coefficient (Wildman–Crippen LogP) is 4.34. The van der Waals surface area contributed by atoms with Crippen LogP contribution < -0.4 is 10.6 Å². The molecule has 3 N–H and O–H groups in total. The van der Waals surface area contributed by atoms with Crippen molar-refractivity contribution in [2.24, 2.45) is 5.92 Å². The average molecular weight is 503 g/mol. The van der Waals surface area contributed by atoms with Gasteiger partial charge < -0.3 is 25.4 Å². The van der Waals surface area contributed by atoms with E-state index in [0.717, 1.165) is 19.3 Å². The summed E-state index contributed by atoms with van der Waals surface area (Å²) in [7, 11) is 0. The molecule has 0 saturated carbocycles. The highest BCUT2D eigenvalue weighted by Gasteiger charge is 2.38. The summed E-state index contributed by atoms with van der Waals surface area (Å²) >= 11 is 0. The molecule has 3 amide bonds. The van der Waals surface area contributed by atoms with E-state index in [0.29, 0.717) is 24.1 Å². The fourth-order valence-electron chi connectivity index (χ4n) is 3.67. The first-order valence-corrected chi connectivity index (χ1v) is 12.6. The standard InChI is InChI=1S/C27H42N4O5/c1-8-10-11-15-29-24(33)23(20-12-13-21(32)19(4)17-20)31(16-14-28)25(34)22(18(3)9-2)30-26(35)36-27(5,6)7/h12-13,17-18,22-23,32H,8-11,15-16H2,1-7H3,(H,29,33)(H,30,35). The molecule has 3 atom stereocenters. The number of nitrogens with one attached hydrogen (secondary N) is 2. The van der Waals surface area contributed by atoms with Crippen LogP contribution in [0.25, 0.3) is 0 Å². The van der Waals surface area contributed by atoms with E-state index in [2.05, 4.69) is 17.6 Å². The van der Waals surface area contributed by atoms with Crippen molar-refractivity contribution in [1.29, 1.82) is 5.26 Å². The third kappa shape index (κ3) is 9.40. The van der Waals surface area contributed by atoms with Crippen LogP contribution in [0.15, 0.2) is 18.2 Å². The van der Waals surface area contributed by atoms with Crippen molar-refractivity contribution >= 4 is 17.9 Å². The largest absolute Gasteiger partial charge is 0.508 e. The van der Waals surface area contributed by atoms with E-state index >= 15 is 0 Å². The topological polar surface area (TPSA) is 132 Å². The molecule has 1 aromatic carbocycles. The summed E-state index contributed by atoms with van der Waals surface area (Å²) in [5, 5.41) is 25.1. The fraction of sp³-hybridized carbons (Fsp3) is 0.630. The van der Waals surface area contributed by atoms with Crippen LogP contribution in [-0.2, 0) is 14.3 Å². The molecular weight excluding hydrogens is 460 g/mol. The number of alkyl carbamates (subject to hydrolysis) is 1. The molecule has 9 heteroatoms. The van der Waals surface area contributed by atoms with Gasteiger partial charge in [0.1, 0.15) is 30.0 Å². The highest BCUT2D eigenvalue weighted by molar-refractivity contribution is 5.92. The Morgan fingerprint density at radius 1 is 1.19 bits per heavy atom. The number of amides is 3. The third-order valence-corrected chi connectivity index (χ3v) is 5.85. The van der Waals surface area contributed by atoms with Crippen LogP contribution in [0.1, 0.15) is 84.4 Å². The van der Waals surface area contributed by atoms with Gasteiger partial charge in [0.05, 0.1) is 6.07 Å². The average Bonchev–Trinajstić information content (AvgIpc) is 2.80. The van der Waals surface area contributed by atoms with Gasteiger partial charge in [0.25, 0.3) is 0 Å². The summed E-state index contributed by atoms with van der Waals surface area (Å²) in [5.41, 5.74) is 0.234. The van der Waals surface area contributed by atoms with Crippen LogP contribution in [0, 0.1) is 24.2 Å². The normalized spacial score (nSPS) is 13.6. The number of aromatic hydroxyl groups is 1. The number of aryl methyl sites for hydroxylation is 1. The Labute approximate surface area is 215 Å². The quantitative estimate of drug-likeness (QED) is 0.288.